The van der Waals surface area contributed by atoms with E-state index < -0.39 is 0 Å². The molecule has 0 aromatic heterocycles. The number of fused-ring (bicyclic) bond motifs is 2. The molecule has 0 spiro atoms. The Kier molecular flexibility index (Phi) is 16.5. The maximum Gasteiger partial charge on any atom is 0.162 e. The van der Waals surface area contributed by atoms with Gasteiger partial charge in [-0.1, -0.05) is 140 Å². The molecule has 44 heavy (non-hydrogen) atoms. The number of rotatable bonds is 19. The van der Waals surface area contributed by atoms with E-state index in [4.69, 9.17) is 4.74 Å². The maximum atomic E-state index is 12.3. The highest BCUT2D eigenvalue weighted by Crippen LogP contribution is 2.24. The number of ether oxygens (including phenoxy) is 1. The Bertz CT molecular complexity index is 1390. The van der Waals surface area contributed by atoms with Crippen molar-refractivity contribution in [3.63, 3.8) is 0 Å². The lowest BCUT2D eigenvalue weighted by molar-refractivity contribution is 0.0979. The maximum absolute atomic E-state index is 12.3. The van der Waals surface area contributed by atoms with Crippen molar-refractivity contribution in [3.8, 4) is 11.5 Å². The second kappa shape index (κ2) is 20.6. The Morgan fingerprint density at radius 3 is 1.77 bits per heavy atom. The number of aryl methyl sites for hydroxylation is 1. The number of carbonyl (C=O) groups is 1. The van der Waals surface area contributed by atoms with Crippen LogP contribution in [0.2, 0.25) is 0 Å². The molecule has 4 aromatic carbocycles. The van der Waals surface area contributed by atoms with Crippen LogP contribution in [0.4, 0.5) is 0 Å². The minimum atomic E-state index is 0.260. The van der Waals surface area contributed by atoms with Crippen molar-refractivity contribution in [2.75, 3.05) is 7.11 Å². The first-order valence-electron chi connectivity index (χ1n) is 17.4. The summed E-state index contributed by atoms with van der Waals surface area (Å²) in [5.41, 5.74) is 2.24. The molecule has 0 fully saturated rings. The van der Waals surface area contributed by atoms with E-state index >= 15 is 0 Å². The van der Waals surface area contributed by atoms with Crippen molar-refractivity contribution in [1.82, 2.24) is 0 Å². The number of methoxy groups -OCH3 is 1. The van der Waals surface area contributed by atoms with Crippen molar-refractivity contribution in [3.05, 3.63) is 83.9 Å². The molecule has 0 aliphatic carbocycles. The van der Waals surface area contributed by atoms with Crippen LogP contribution in [-0.2, 0) is 6.42 Å². The molecule has 4 rings (SSSR count). The number of carbonyl (C=O) groups excluding carboxylic acids is 1. The molecular weight excluding hydrogens is 540 g/mol. The van der Waals surface area contributed by atoms with Gasteiger partial charge in [-0.15, -0.1) is 0 Å². The van der Waals surface area contributed by atoms with E-state index in [2.05, 4.69) is 32.0 Å². The van der Waals surface area contributed by atoms with Crippen LogP contribution < -0.4 is 4.74 Å². The summed E-state index contributed by atoms with van der Waals surface area (Å²) in [5, 5.41) is 14.0. The van der Waals surface area contributed by atoms with Gasteiger partial charge in [0.25, 0.3) is 0 Å². The first kappa shape index (κ1) is 35.2. The largest absolute Gasteiger partial charge is 0.508 e. The average molecular weight is 597 g/mol. The van der Waals surface area contributed by atoms with Crippen LogP contribution in [0.15, 0.2) is 72.8 Å². The van der Waals surface area contributed by atoms with Crippen LogP contribution in [-0.4, -0.2) is 18.0 Å². The Labute approximate surface area is 267 Å². The predicted octanol–water partition coefficient (Wildman–Crippen LogP) is 12.4. The van der Waals surface area contributed by atoms with E-state index in [1.165, 1.54) is 107 Å². The number of hydrogen-bond acceptors (Lipinski definition) is 3. The second-order valence-corrected chi connectivity index (χ2v) is 12.3. The summed E-state index contributed by atoms with van der Waals surface area (Å²) in [5.74, 6) is 1.45. The summed E-state index contributed by atoms with van der Waals surface area (Å²) in [6, 6.07) is 24.1. The normalized spacial score (nSPS) is 11.0. The van der Waals surface area contributed by atoms with E-state index in [0.29, 0.717) is 12.2 Å². The highest BCUT2D eigenvalue weighted by Gasteiger charge is 2.07. The third-order valence-electron chi connectivity index (χ3n) is 8.58. The van der Waals surface area contributed by atoms with E-state index in [9.17, 15) is 9.90 Å². The quantitative estimate of drug-likeness (QED) is 0.0865. The minimum absolute atomic E-state index is 0.260. The van der Waals surface area contributed by atoms with E-state index in [1.54, 1.807) is 13.2 Å². The number of aromatic hydroxyl groups is 1. The zero-order valence-electron chi connectivity index (χ0n) is 27.7. The summed E-state index contributed by atoms with van der Waals surface area (Å²) in [6.07, 6.45) is 21.5. The highest BCUT2D eigenvalue weighted by molar-refractivity contribution is 6.00. The van der Waals surface area contributed by atoms with Gasteiger partial charge in [0.2, 0.25) is 0 Å². The van der Waals surface area contributed by atoms with Gasteiger partial charge in [0.1, 0.15) is 11.5 Å². The Morgan fingerprint density at radius 2 is 1.09 bits per heavy atom. The van der Waals surface area contributed by atoms with Gasteiger partial charge in [-0.2, -0.15) is 0 Å². The number of phenols is 1. The molecule has 0 radical (unpaired) electrons. The molecule has 4 aromatic rings. The van der Waals surface area contributed by atoms with Crippen LogP contribution >= 0.6 is 0 Å². The van der Waals surface area contributed by atoms with Gasteiger partial charge in [-0.05, 0) is 76.7 Å². The highest BCUT2D eigenvalue weighted by atomic mass is 16.5. The van der Waals surface area contributed by atoms with Gasteiger partial charge in [-0.3, -0.25) is 4.79 Å². The molecule has 0 bridgehead atoms. The first-order chi connectivity index (χ1) is 21.5. The Morgan fingerprint density at radius 1 is 0.568 bits per heavy atom. The van der Waals surface area contributed by atoms with Crippen LogP contribution in [0.1, 0.15) is 133 Å². The molecule has 0 atom stereocenters. The van der Waals surface area contributed by atoms with E-state index in [-0.39, 0.29) is 5.78 Å². The fourth-order valence-electron chi connectivity index (χ4n) is 5.81. The molecular formula is C41H56O3. The molecule has 0 amide bonds. The van der Waals surface area contributed by atoms with E-state index in [0.717, 1.165) is 33.9 Å². The van der Waals surface area contributed by atoms with Gasteiger partial charge in [0.05, 0.1) is 7.11 Å². The van der Waals surface area contributed by atoms with Crippen LogP contribution in [0.5, 0.6) is 11.5 Å². The number of ketones is 1. The molecule has 1 N–H and O–H groups in total. The molecule has 0 unspecified atom stereocenters. The summed E-state index contributed by atoms with van der Waals surface area (Å²) >= 11 is 0. The Hall–Kier alpha value is -3.33. The Balaban J connectivity index is 0.000000241. The topological polar surface area (TPSA) is 46.5 Å². The number of phenolic OH excluding ortho intramolecular Hbond substituents is 1. The van der Waals surface area contributed by atoms with Crippen molar-refractivity contribution >= 4 is 27.3 Å². The van der Waals surface area contributed by atoms with Crippen molar-refractivity contribution in [1.29, 1.82) is 0 Å². The van der Waals surface area contributed by atoms with Gasteiger partial charge < -0.3 is 9.84 Å². The lowest BCUT2D eigenvalue weighted by Crippen LogP contribution is -1.99. The molecule has 0 saturated heterocycles. The third-order valence-corrected chi connectivity index (χ3v) is 8.58. The summed E-state index contributed by atoms with van der Waals surface area (Å²) in [6.45, 7) is 4.50. The predicted molar refractivity (Wildman–Crippen MR) is 189 cm³/mol. The van der Waals surface area contributed by atoms with Gasteiger partial charge in [0, 0.05) is 12.0 Å². The fourth-order valence-corrected chi connectivity index (χ4v) is 5.81. The van der Waals surface area contributed by atoms with Crippen molar-refractivity contribution < 1.29 is 14.6 Å². The first-order valence-corrected chi connectivity index (χ1v) is 17.4. The lowest BCUT2D eigenvalue weighted by atomic mass is 10.00. The van der Waals surface area contributed by atoms with Gasteiger partial charge >= 0.3 is 0 Å². The average Bonchev–Trinajstić information content (AvgIpc) is 3.05. The van der Waals surface area contributed by atoms with Crippen molar-refractivity contribution in [2.24, 2.45) is 0 Å². The molecule has 0 aliphatic rings. The van der Waals surface area contributed by atoms with Gasteiger partial charge in [0.15, 0.2) is 5.78 Å². The standard InChI is InChI=1S/C21H28O2.C20H28O/c1-3-4-5-6-7-8-9-10-21(22)19-12-11-18-16-20(23-2)14-13-17(18)15-19;1-2-3-4-5-6-7-8-9-10-17-11-12-19-16-20(21)14-13-18(19)15-17/h11-16H,3-10H2,1-2H3;11-16,21H,2-10H2,1H3. The summed E-state index contributed by atoms with van der Waals surface area (Å²) < 4.78 is 5.23. The van der Waals surface area contributed by atoms with E-state index in [1.807, 2.05) is 48.5 Å². The summed E-state index contributed by atoms with van der Waals surface area (Å²) in [7, 11) is 1.67. The number of hydrogen-bond donors (Lipinski definition) is 1. The third kappa shape index (κ3) is 12.7. The van der Waals surface area contributed by atoms with Crippen LogP contribution in [0, 0.1) is 0 Å². The summed E-state index contributed by atoms with van der Waals surface area (Å²) in [4.78, 5) is 12.3. The molecule has 3 nitrogen and oxygen atoms in total. The van der Waals surface area contributed by atoms with Crippen LogP contribution in [0.3, 0.4) is 0 Å². The molecule has 3 heteroatoms. The molecule has 238 valence electrons. The second-order valence-electron chi connectivity index (χ2n) is 12.3. The SMILES string of the molecule is CCCCCCCCCC(=O)c1ccc2cc(OC)ccc2c1.CCCCCCCCCCc1ccc2cc(O)ccc2c1. The molecule has 0 aliphatic heterocycles. The number of benzene rings is 4. The number of Topliss-reactive ketones (excluding diaryl/α,β-unsaturated/α-hetero) is 1. The molecule has 0 saturated carbocycles. The zero-order chi connectivity index (χ0) is 31.4. The molecule has 0 heterocycles. The monoisotopic (exact) mass is 596 g/mol. The van der Waals surface area contributed by atoms with Crippen molar-refractivity contribution in [2.45, 2.75) is 123 Å². The fraction of sp³-hybridized carbons (Fsp3) is 0.488. The zero-order valence-corrected chi connectivity index (χ0v) is 27.7. The number of unbranched alkanes of at least 4 members (excludes halogenated alkanes) is 13. The van der Waals surface area contributed by atoms with Crippen LogP contribution in [0.25, 0.3) is 21.5 Å². The minimum Gasteiger partial charge on any atom is -0.508 e. The smallest absolute Gasteiger partial charge is 0.162 e. The lowest BCUT2D eigenvalue weighted by Gasteiger charge is -2.06. The van der Waals surface area contributed by atoms with Gasteiger partial charge in [-0.25, -0.2) is 0 Å².